The summed E-state index contributed by atoms with van der Waals surface area (Å²) < 4.78 is 0. The average molecular weight is 169 g/mol. The van der Waals surface area contributed by atoms with E-state index in [1.807, 2.05) is 0 Å². The summed E-state index contributed by atoms with van der Waals surface area (Å²) >= 11 is 0. The fraction of sp³-hybridized carbons (Fsp3) is 0.889. The minimum atomic E-state index is 0.239. The van der Waals surface area contributed by atoms with Crippen LogP contribution in [-0.2, 0) is 0 Å². The highest BCUT2D eigenvalue weighted by atomic mass is 15.0. The molecule has 0 amide bonds. The second-order valence-corrected chi connectivity index (χ2v) is 4.08. The summed E-state index contributed by atoms with van der Waals surface area (Å²) in [6.07, 6.45) is 2.51. The van der Waals surface area contributed by atoms with E-state index in [-0.39, 0.29) is 5.84 Å². The molecule has 0 bridgehead atoms. The summed E-state index contributed by atoms with van der Waals surface area (Å²) in [5, 5.41) is 10.3. The molecule has 0 unspecified atom stereocenters. The van der Waals surface area contributed by atoms with Crippen molar-refractivity contribution in [3.63, 3.8) is 0 Å². The van der Waals surface area contributed by atoms with Gasteiger partial charge in [-0.2, -0.15) is 0 Å². The Hall–Kier alpha value is -0.570. The van der Waals surface area contributed by atoms with Gasteiger partial charge >= 0.3 is 0 Å². The van der Waals surface area contributed by atoms with Gasteiger partial charge in [0.15, 0.2) is 0 Å². The van der Waals surface area contributed by atoms with E-state index in [1.165, 1.54) is 12.8 Å². The number of nitrogens with two attached hydrogens (primary N) is 1. The molecule has 0 spiro atoms. The lowest BCUT2D eigenvalue weighted by Crippen LogP contribution is -2.45. The quantitative estimate of drug-likeness (QED) is 0.433. The molecule has 0 radical (unpaired) electrons. The molecule has 1 fully saturated rings. The van der Waals surface area contributed by atoms with E-state index in [2.05, 4.69) is 19.2 Å². The van der Waals surface area contributed by atoms with Gasteiger partial charge in [0.2, 0.25) is 0 Å². The van der Waals surface area contributed by atoms with E-state index < -0.39 is 0 Å². The van der Waals surface area contributed by atoms with Crippen LogP contribution < -0.4 is 11.1 Å². The van der Waals surface area contributed by atoms with Gasteiger partial charge in [-0.1, -0.05) is 13.8 Å². The Kier molecular flexibility index (Phi) is 3.09. The van der Waals surface area contributed by atoms with Crippen molar-refractivity contribution in [3.8, 4) is 0 Å². The summed E-state index contributed by atoms with van der Waals surface area (Å²) in [6.45, 7) is 5.09. The first-order valence-electron chi connectivity index (χ1n) is 4.66. The predicted octanol–water partition coefficient (Wildman–Crippen LogP) is 0.947. The van der Waals surface area contributed by atoms with Crippen molar-refractivity contribution < 1.29 is 0 Å². The summed E-state index contributed by atoms with van der Waals surface area (Å²) in [4.78, 5) is 0. The zero-order chi connectivity index (χ0) is 9.14. The third-order valence-electron chi connectivity index (χ3n) is 2.70. The molecule has 3 heteroatoms. The minimum Gasteiger partial charge on any atom is -0.387 e. The number of nitrogens with one attached hydrogen (secondary N) is 2. The van der Waals surface area contributed by atoms with E-state index in [1.54, 1.807) is 0 Å². The Morgan fingerprint density at radius 3 is 2.58 bits per heavy atom. The molecule has 4 N–H and O–H groups in total. The van der Waals surface area contributed by atoms with Crippen LogP contribution in [0.4, 0.5) is 0 Å². The van der Waals surface area contributed by atoms with Gasteiger partial charge in [0.1, 0.15) is 5.84 Å². The number of hydrogen-bond donors (Lipinski definition) is 3. The number of rotatable bonds is 4. The first-order valence-corrected chi connectivity index (χ1v) is 4.66. The van der Waals surface area contributed by atoms with Gasteiger partial charge in [0, 0.05) is 6.04 Å². The Balaban J connectivity index is 2.06. The first kappa shape index (κ1) is 9.52. The molecular weight excluding hydrogens is 150 g/mol. The summed E-state index contributed by atoms with van der Waals surface area (Å²) in [7, 11) is 0. The van der Waals surface area contributed by atoms with Crippen LogP contribution in [0.5, 0.6) is 0 Å². The summed E-state index contributed by atoms with van der Waals surface area (Å²) in [5.74, 6) is 1.93. The Bertz CT molecular complexity index is 159. The van der Waals surface area contributed by atoms with Crippen LogP contribution in [0.2, 0.25) is 0 Å². The minimum absolute atomic E-state index is 0.239. The monoisotopic (exact) mass is 169 g/mol. The van der Waals surface area contributed by atoms with Crippen molar-refractivity contribution >= 4 is 5.84 Å². The normalized spacial score (nSPS) is 28.6. The van der Waals surface area contributed by atoms with Crippen LogP contribution in [0, 0.1) is 17.2 Å². The molecule has 0 aliphatic heterocycles. The highest BCUT2D eigenvalue weighted by Gasteiger charge is 2.30. The van der Waals surface area contributed by atoms with Gasteiger partial charge in [0.05, 0.1) is 6.54 Å². The molecule has 12 heavy (non-hydrogen) atoms. The molecule has 1 saturated carbocycles. The van der Waals surface area contributed by atoms with E-state index in [0.717, 1.165) is 11.8 Å². The van der Waals surface area contributed by atoms with E-state index in [0.29, 0.717) is 12.6 Å². The summed E-state index contributed by atoms with van der Waals surface area (Å²) in [6, 6.07) is 0.612. The topological polar surface area (TPSA) is 61.9 Å². The van der Waals surface area contributed by atoms with Crippen LogP contribution in [-0.4, -0.2) is 18.4 Å². The maximum absolute atomic E-state index is 7.04. The van der Waals surface area contributed by atoms with Gasteiger partial charge in [-0.05, 0) is 24.7 Å². The van der Waals surface area contributed by atoms with Gasteiger partial charge in [-0.3, -0.25) is 5.41 Å². The zero-order valence-corrected chi connectivity index (χ0v) is 7.93. The van der Waals surface area contributed by atoms with Crippen LogP contribution in [0.1, 0.15) is 26.7 Å². The third kappa shape index (κ3) is 2.48. The Morgan fingerprint density at radius 2 is 2.17 bits per heavy atom. The maximum atomic E-state index is 7.04. The molecule has 0 atom stereocenters. The third-order valence-corrected chi connectivity index (χ3v) is 2.70. The van der Waals surface area contributed by atoms with Gasteiger partial charge in [-0.15, -0.1) is 0 Å². The highest BCUT2D eigenvalue weighted by Crippen LogP contribution is 2.33. The van der Waals surface area contributed by atoms with Crippen molar-refractivity contribution in [3.05, 3.63) is 0 Å². The molecule has 3 nitrogen and oxygen atoms in total. The lowest BCUT2D eigenvalue weighted by molar-refractivity contribution is 0.173. The lowest BCUT2D eigenvalue weighted by Gasteiger charge is -2.38. The zero-order valence-electron chi connectivity index (χ0n) is 7.93. The largest absolute Gasteiger partial charge is 0.387 e. The van der Waals surface area contributed by atoms with Crippen molar-refractivity contribution in [2.45, 2.75) is 32.7 Å². The summed E-state index contributed by atoms with van der Waals surface area (Å²) in [5.41, 5.74) is 5.23. The van der Waals surface area contributed by atoms with E-state index >= 15 is 0 Å². The molecular formula is C9H19N3. The number of amidine groups is 1. The fourth-order valence-corrected chi connectivity index (χ4v) is 1.63. The predicted molar refractivity (Wildman–Crippen MR) is 51.3 cm³/mol. The Morgan fingerprint density at radius 1 is 1.58 bits per heavy atom. The lowest BCUT2D eigenvalue weighted by atomic mass is 9.74. The van der Waals surface area contributed by atoms with Gasteiger partial charge < -0.3 is 11.1 Å². The van der Waals surface area contributed by atoms with Crippen molar-refractivity contribution in [1.82, 2.24) is 5.32 Å². The first-order chi connectivity index (χ1) is 5.59. The molecule has 1 aliphatic carbocycles. The van der Waals surface area contributed by atoms with E-state index in [4.69, 9.17) is 11.1 Å². The second-order valence-electron chi connectivity index (χ2n) is 4.08. The van der Waals surface area contributed by atoms with Crippen LogP contribution in [0.3, 0.4) is 0 Å². The number of hydrogen-bond acceptors (Lipinski definition) is 2. The van der Waals surface area contributed by atoms with Gasteiger partial charge in [-0.25, -0.2) is 0 Å². The van der Waals surface area contributed by atoms with Crippen LogP contribution >= 0.6 is 0 Å². The Labute approximate surface area is 74.2 Å². The second kappa shape index (κ2) is 3.90. The molecule has 1 aliphatic rings. The van der Waals surface area contributed by atoms with Crippen molar-refractivity contribution in [1.29, 1.82) is 5.41 Å². The fourth-order valence-electron chi connectivity index (χ4n) is 1.63. The SMILES string of the molecule is CC(C)C1CC(NCC(=N)N)C1. The maximum Gasteiger partial charge on any atom is 0.105 e. The van der Waals surface area contributed by atoms with Crippen molar-refractivity contribution in [2.75, 3.05) is 6.54 Å². The smallest absolute Gasteiger partial charge is 0.105 e. The van der Waals surface area contributed by atoms with Crippen LogP contribution in [0.25, 0.3) is 0 Å². The standard InChI is InChI=1S/C9H19N3/c1-6(2)7-3-8(4-7)12-5-9(10)11/h6-8,12H,3-5H2,1-2H3,(H3,10,11). The van der Waals surface area contributed by atoms with E-state index in [9.17, 15) is 0 Å². The van der Waals surface area contributed by atoms with Crippen LogP contribution in [0.15, 0.2) is 0 Å². The highest BCUT2D eigenvalue weighted by molar-refractivity contribution is 5.78. The molecule has 0 heterocycles. The molecule has 1 rings (SSSR count). The average Bonchev–Trinajstić information content (AvgIpc) is 1.82. The molecule has 0 aromatic heterocycles. The van der Waals surface area contributed by atoms with Gasteiger partial charge in [0.25, 0.3) is 0 Å². The molecule has 0 aromatic rings. The molecule has 70 valence electrons. The molecule has 0 saturated heterocycles. The molecule has 0 aromatic carbocycles. The van der Waals surface area contributed by atoms with Crippen molar-refractivity contribution in [2.24, 2.45) is 17.6 Å².